The van der Waals surface area contributed by atoms with Crippen molar-refractivity contribution in [2.45, 2.75) is 0 Å². The third kappa shape index (κ3) is 6.06. The Morgan fingerprint density at radius 3 is 1.58 bits per heavy atom. The smallest absolute Gasteiger partial charge is 0.164 e. The number of aromatic nitrogens is 4. The monoisotopic (exact) mass is 718 g/mol. The first-order valence-electron chi connectivity index (χ1n) is 25.2. The van der Waals surface area contributed by atoms with Crippen molar-refractivity contribution in [3.05, 3.63) is 206 Å². The first-order chi connectivity index (χ1) is 33.9. The maximum Gasteiger partial charge on any atom is 0.164 e. The molecule has 4 heteroatoms. The van der Waals surface area contributed by atoms with Gasteiger partial charge >= 0.3 is 0 Å². The van der Waals surface area contributed by atoms with Crippen molar-refractivity contribution in [3.8, 4) is 73.2 Å². The molecule has 4 nitrogen and oxygen atoms in total. The Kier molecular flexibility index (Phi) is 4.93. The van der Waals surface area contributed by atoms with Crippen molar-refractivity contribution < 1.29 is 21.9 Å². The predicted octanol–water partition coefficient (Wildman–Crippen LogP) is 13.0. The molecular formula is C51H34N4. The van der Waals surface area contributed by atoms with E-state index in [4.69, 9.17) is 27.3 Å². The molecule has 0 atom stereocenters. The van der Waals surface area contributed by atoms with Gasteiger partial charge in [0.2, 0.25) is 0 Å². The van der Waals surface area contributed by atoms with E-state index in [2.05, 4.69) is 0 Å². The minimum Gasteiger partial charge on any atom is -0.309 e. The van der Waals surface area contributed by atoms with Crippen LogP contribution in [-0.2, 0) is 0 Å². The second kappa shape index (κ2) is 13.8. The molecule has 0 unspecified atom stereocenters. The molecule has 0 aliphatic carbocycles. The van der Waals surface area contributed by atoms with Crippen LogP contribution in [0.3, 0.4) is 0 Å². The zero-order chi connectivity index (χ0) is 50.5. The van der Waals surface area contributed by atoms with Gasteiger partial charge in [-0.1, -0.05) is 182 Å². The maximum atomic E-state index is 10.0. The Labute approximate surface area is 342 Å². The van der Waals surface area contributed by atoms with Crippen molar-refractivity contribution in [2.75, 3.05) is 0 Å². The van der Waals surface area contributed by atoms with Crippen LogP contribution in [0.5, 0.6) is 0 Å². The highest BCUT2D eigenvalue weighted by Crippen LogP contribution is 2.38. The van der Waals surface area contributed by atoms with Gasteiger partial charge < -0.3 is 4.57 Å². The molecular weight excluding hydrogens is 669 g/mol. The molecule has 8 aromatic carbocycles. The molecule has 258 valence electrons. The summed E-state index contributed by atoms with van der Waals surface area (Å²) >= 11 is 0. The van der Waals surface area contributed by atoms with E-state index in [0.29, 0.717) is 28.3 Å². The standard InChI is InChI=1S/C51H34N4/c1-4-14-35(15-5-1)37-24-26-40(27-25-37)50-52-49(39-18-8-3-9-19-39)53-51(54-50)46-22-11-10-20-43(46)41-30-33-45-44-21-12-13-23-47(44)55(48(45)34-41)42-31-28-38(29-32-42)36-16-6-2-7-17-36/h1-34H/i2D,6D,7D,12D,13D,16D,17D,21D,23D,28D,29D,30D,31D,32D,33D,34D. The maximum absolute atomic E-state index is 10.0. The van der Waals surface area contributed by atoms with Crippen LogP contribution < -0.4 is 0 Å². The lowest BCUT2D eigenvalue weighted by atomic mass is 9.97. The summed E-state index contributed by atoms with van der Waals surface area (Å²) in [5, 5.41) is -0.625. The average Bonchev–Trinajstić information content (AvgIpc) is 3.75. The first kappa shape index (κ1) is 19.6. The molecule has 0 fully saturated rings. The molecule has 0 amide bonds. The zero-order valence-electron chi connectivity index (χ0n) is 44.7. The van der Waals surface area contributed by atoms with Gasteiger partial charge in [-0.3, -0.25) is 0 Å². The van der Waals surface area contributed by atoms with Crippen LogP contribution >= 0.6 is 0 Å². The molecule has 0 radical (unpaired) electrons. The number of benzene rings is 8. The second-order valence-electron chi connectivity index (χ2n) is 12.4. The van der Waals surface area contributed by atoms with E-state index in [1.807, 2.05) is 84.9 Å². The van der Waals surface area contributed by atoms with Gasteiger partial charge in [-0.25, -0.2) is 15.0 Å². The second-order valence-corrected chi connectivity index (χ2v) is 12.4. The van der Waals surface area contributed by atoms with Gasteiger partial charge in [0.1, 0.15) is 0 Å². The summed E-state index contributed by atoms with van der Waals surface area (Å²) in [6, 6.07) is 21.6. The summed E-state index contributed by atoms with van der Waals surface area (Å²) in [6.07, 6.45) is 0. The minimum absolute atomic E-state index is 0.130. The van der Waals surface area contributed by atoms with E-state index >= 15 is 0 Å². The number of para-hydroxylation sites is 1. The quantitative estimate of drug-likeness (QED) is 0.165. The Balaban J connectivity index is 1.27. The van der Waals surface area contributed by atoms with Gasteiger partial charge in [-0.15, -0.1) is 0 Å². The van der Waals surface area contributed by atoms with Gasteiger partial charge in [-0.05, 0) is 57.6 Å². The van der Waals surface area contributed by atoms with Crippen LogP contribution in [0, 0.1) is 0 Å². The van der Waals surface area contributed by atoms with Gasteiger partial charge in [0.25, 0.3) is 0 Å². The van der Waals surface area contributed by atoms with E-state index in [1.165, 1.54) is 0 Å². The molecule has 0 saturated carbocycles. The Bertz CT molecular complexity index is 3820. The molecule has 0 bridgehead atoms. The fourth-order valence-corrected chi connectivity index (χ4v) is 6.47. The van der Waals surface area contributed by atoms with Gasteiger partial charge in [0.15, 0.2) is 17.5 Å². The van der Waals surface area contributed by atoms with Gasteiger partial charge in [-0.2, -0.15) is 0 Å². The molecule has 0 aliphatic rings. The third-order valence-electron chi connectivity index (χ3n) is 9.10. The Morgan fingerprint density at radius 1 is 0.345 bits per heavy atom. The van der Waals surface area contributed by atoms with E-state index in [1.54, 1.807) is 24.3 Å². The third-order valence-corrected chi connectivity index (χ3v) is 9.10. The SMILES string of the molecule is [2H]c1c([2H])c([2H])c(-c2c([2H])c([2H])c(-n3c4c([2H])c([2H])c([2H])c([2H])c4c4c([2H])c([2H])c(-c5ccccc5-c5nc(-c6ccccc6)nc(-c6ccc(-c7ccccc7)cc6)n5)c([2H])c43)c([2H])c2[2H])c([2H])c1[2H]. The van der Waals surface area contributed by atoms with E-state index in [-0.39, 0.29) is 33.2 Å². The van der Waals surface area contributed by atoms with Crippen LogP contribution in [-0.4, -0.2) is 19.5 Å². The van der Waals surface area contributed by atoms with E-state index < -0.39 is 119 Å². The van der Waals surface area contributed by atoms with Crippen LogP contribution in [0.2, 0.25) is 0 Å². The average molecular weight is 719 g/mol. The summed E-state index contributed by atoms with van der Waals surface area (Å²) in [5.74, 6) is 0.737. The number of fused-ring (bicyclic) bond motifs is 3. The van der Waals surface area contributed by atoms with Gasteiger partial charge in [0.05, 0.1) is 33.0 Å². The lowest BCUT2D eigenvalue weighted by Crippen LogP contribution is -2.01. The molecule has 0 spiro atoms. The van der Waals surface area contributed by atoms with Crippen LogP contribution in [0.15, 0.2) is 206 Å². The van der Waals surface area contributed by atoms with Crippen LogP contribution in [0.1, 0.15) is 21.9 Å². The minimum atomic E-state index is -0.857. The Hall–Kier alpha value is -7.43. The van der Waals surface area contributed by atoms with Crippen molar-refractivity contribution >= 4 is 21.8 Å². The summed E-state index contributed by atoms with van der Waals surface area (Å²) in [4.78, 5) is 14.7. The largest absolute Gasteiger partial charge is 0.309 e. The highest BCUT2D eigenvalue weighted by Gasteiger charge is 2.18. The van der Waals surface area contributed by atoms with Crippen LogP contribution in [0.4, 0.5) is 0 Å². The highest BCUT2D eigenvalue weighted by atomic mass is 15.0. The lowest BCUT2D eigenvalue weighted by molar-refractivity contribution is 1.07. The molecule has 2 heterocycles. The number of rotatable bonds is 7. The predicted molar refractivity (Wildman–Crippen MR) is 227 cm³/mol. The fourth-order valence-electron chi connectivity index (χ4n) is 6.47. The lowest BCUT2D eigenvalue weighted by Gasteiger charge is -2.13. The molecule has 10 aromatic rings. The summed E-state index contributed by atoms with van der Waals surface area (Å²) in [7, 11) is 0. The normalized spacial score (nSPS) is 15.3. The van der Waals surface area contributed by atoms with E-state index in [9.17, 15) is 9.60 Å². The summed E-state index contributed by atoms with van der Waals surface area (Å²) in [6.45, 7) is 0. The van der Waals surface area contributed by atoms with Crippen molar-refractivity contribution in [3.63, 3.8) is 0 Å². The van der Waals surface area contributed by atoms with Crippen LogP contribution in [0.25, 0.3) is 95.0 Å². The van der Waals surface area contributed by atoms with Gasteiger partial charge in [0, 0.05) is 33.2 Å². The molecule has 55 heavy (non-hydrogen) atoms. The van der Waals surface area contributed by atoms with Crippen molar-refractivity contribution in [1.82, 2.24) is 19.5 Å². The molecule has 0 aliphatic heterocycles. The molecule has 0 N–H and O–H groups in total. The fraction of sp³-hybridized carbons (Fsp3) is 0. The topological polar surface area (TPSA) is 43.6 Å². The first-order valence-corrected chi connectivity index (χ1v) is 17.2. The number of hydrogen-bond donors (Lipinski definition) is 0. The Morgan fingerprint density at radius 2 is 0.855 bits per heavy atom. The van der Waals surface area contributed by atoms with Crippen molar-refractivity contribution in [2.24, 2.45) is 0 Å². The molecule has 2 aromatic heterocycles. The molecule has 0 saturated heterocycles. The van der Waals surface area contributed by atoms with E-state index in [0.717, 1.165) is 15.7 Å². The van der Waals surface area contributed by atoms with Crippen molar-refractivity contribution in [1.29, 1.82) is 0 Å². The number of nitrogens with zero attached hydrogens (tertiary/aromatic N) is 4. The highest BCUT2D eigenvalue weighted by molar-refractivity contribution is 6.10. The zero-order valence-corrected chi connectivity index (χ0v) is 28.7. The number of hydrogen-bond acceptors (Lipinski definition) is 3. The summed E-state index contributed by atoms with van der Waals surface area (Å²) in [5.41, 5.74) is 0.974. The molecule has 10 rings (SSSR count). The summed E-state index contributed by atoms with van der Waals surface area (Å²) < 4.78 is 145.